The molecule has 4 rings (SSSR count). The highest BCUT2D eigenvalue weighted by atomic mass is 19.4. The second-order valence-corrected chi connectivity index (χ2v) is 9.15. The first-order valence-corrected chi connectivity index (χ1v) is 11.5. The van der Waals surface area contributed by atoms with Gasteiger partial charge in [-0.25, -0.2) is 28.4 Å². The summed E-state index contributed by atoms with van der Waals surface area (Å²) in [6, 6.07) is 3.73. The van der Waals surface area contributed by atoms with Crippen LogP contribution in [0.2, 0.25) is 0 Å². The molecule has 3 aromatic heterocycles. The van der Waals surface area contributed by atoms with E-state index < -0.39 is 30.3 Å². The minimum absolute atomic E-state index is 0.102. The lowest BCUT2D eigenvalue weighted by atomic mass is 9.70. The number of fused-ring (bicyclic) bond motifs is 1. The van der Waals surface area contributed by atoms with Crippen molar-refractivity contribution in [2.45, 2.75) is 38.9 Å². The number of piperidine rings is 1. The van der Waals surface area contributed by atoms with Crippen LogP contribution in [-0.2, 0) is 17.5 Å². The molecule has 2 atom stereocenters. The van der Waals surface area contributed by atoms with E-state index in [9.17, 15) is 26.7 Å². The highest BCUT2D eigenvalue weighted by Crippen LogP contribution is 2.39. The lowest BCUT2D eigenvalue weighted by Gasteiger charge is -2.44. The van der Waals surface area contributed by atoms with Gasteiger partial charge in [-0.15, -0.1) is 0 Å². The summed E-state index contributed by atoms with van der Waals surface area (Å²) in [5.74, 6) is 0.588. The second kappa shape index (κ2) is 9.94. The van der Waals surface area contributed by atoms with Crippen LogP contribution in [0.1, 0.15) is 25.5 Å². The third kappa shape index (κ3) is 5.24. The maximum absolute atomic E-state index is 13.0. The van der Waals surface area contributed by atoms with Crippen molar-refractivity contribution in [3.05, 3.63) is 36.3 Å². The van der Waals surface area contributed by atoms with E-state index >= 15 is 0 Å². The van der Waals surface area contributed by atoms with E-state index in [-0.39, 0.29) is 17.4 Å². The van der Waals surface area contributed by atoms with Crippen molar-refractivity contribution >= 4 is 29.1 Å². The van der Waals surface area contributed by atoms with Gasteiger partial charge in [0.05, 0.1) is 12.4 Å². The summed E-state index contributed by atoms with van der Waals surface area (Å²) in [6.45, 7) is 2.66. The van der Waals surface area contributed by atoms with E-state index in [4.69, 9.17) is 0 Å². The van der Waals surface area contributed by atoms with Crippen LogP contribution in [0.3, 0.4) is 0 Å². The van der Waals surface area contributed by atoms with E-state index in [0.29, 0.717) is 43.8 Å². The van der Waals surface area contributed by atoms with Crippen LogP contribution in [0.25, 0.3) is 11.2 Å². The Kier molecular flexibility index (Phi) is 7.10. The summed E-state index contributed by atoms with van der Waals surface area (Å²) in [6.07, 6.45) is -2.29. The first kappa shape index (κ1) is 25.7. The van der Waals surface area contributed by atoms with Gasteiger partial charge in [0.2, 0.25) is 0 Å². The molecule has 4 heterocycles. The number of hydrogen-bond acceptors (Lipinski definition) is 7. The zero-order chi connectivity index (χ0) is 26.1. The summed E-state index contributed by atoms with van der Waals surface area (Å²) in [5, 5.41) is 3.93. The molecule has 1 aliphatic heterocycles. The summed E-state index contributed by atoms with van der Waals surface area (Å²) in [5.41, 5.74) is -0.964. The number of carbonyl (C=O) groups excluding carboxylic acids is 1. The summed E-state index contributed by atoms with van der Waals surface area (Å²) in [4.78, 5) is 28.3. The summed E-state index contributed by atoms with van der Waals surface area (Å²) < 4.78 is 65.9. The molecule has 0 bridgehead atoms. The molecule has 8 nitrogen and oxygen atoms in total. The van der Waals surface area contributed by atoms with Gasteiger partial charge in [-0.05, 0) is 30.9 Å². The van der Waals surface area contributed by atoms with Crippen molar-refractivity contribution < 1.29 is 26.7 Å². The number of halogens is 5. The number of aldehydes is 1. The first-order valence-electron chi connectivity index (χ1n) is 11.5. The lowest BCUT2D eigenvalue weighted by Crippen LogP contribution is -2.48. The molecular formula is C23H26F5N7O. The van der Waals surface area contributed by atoms with Gasteiger partial charge in [0.25, 0.3) is 6.43 Å². The summed E-state index contributed by atoms with van der Waals surface area (Å²) >= 11 is 0. The molecule has 194 valence electrons. The van der Waals surface area contributed by atoms with E-state index in [1.807, 2.05) is 11.8 Å². The Balaban J connectivity index is 1.45. The predicted molar refractivity (Wildman–Crippen MR) is 123 cm³/mol. The Morgan fingerprint density at radius 3 is 2.69 bits per heavy atom. The first-order chi connectivity index (χ1) is 17.0. The molecule has 3 aromatic rings. The second-order valence-electron chi connectivity index (χ2n) is 9.15. The maximum Gasteiger partial charge on any atom is 0.433 e. The number of hydrogen-bond donors (Lipinski definition) is 0. The Morgan fingerprint density at radius 1 is 1.25 bits per heavy atom. The number of nitrogens with zero attached hydrogens (tertiary/aromatic N) is 7. The van der Waals surface area contributed by atoms with Gasteiger partial charge in [0, 0.05) is 32.1 Å². The fourth-order valence-electron chi connectivity index (χ4n) is 4.55. The summed E-state index contributed by atoms with van der Waals surface area (Å²) in [7, 11) is 1.65. The van der Waals surface area contributed by atoms with Crippen LogP contribution in [0.4, 0.5) is 33.6 Å². The molecule has 13 heteroatoms. The third-order valence-electron chi connectivity index (χ3n) is 6.85. The SMILES string of the molecule is C[C@H]1CN(c2cnc3cnn(CC(F)F)c3n2)CC[C@@]1(C=O)CCN(C)c1cccc(C(F)(F)F)n1. The number of aromatic nitrogens is 5. The van der Waals surface area contributed by atoms with Crippen molar-refractivity contribution in [1.82, 2.24) is 24.7 Å². The Bertz CT molecular complexity index is 1220. The van der Waals surface area contributed by atoms with E-state index in [1.54, 1.807) is 18.1 Å². The van der Waals surface area contributed by atoms with Gasteiger partial charge in [0.15, 0.2) is 5.65 Å². The minimum Gasteiger partial charge on any atom is -0.360 e. The average molecular weight is 511 g/mol. The van der Waals surface area contributed by atoms with Crippen molar-refractivity contribution in [3.8, 4) is 0 Å². The molecule has 0 spiro atoms. The molecule has 1 saturated heterocycles. The van der Waals surface area contributed by atoms with Crippen LogP contribution in [0.5, 0.6) is 0 Å². The molecule has 1 aliphatic rings. The fourth-order valence-corrected chi connectivity index (χ4v) is 4.55. The van der Waals surface area contributed by atoms with Crippen LogP contribution in [0.15, 0.2) is 30.6 Å². The molecule has 0 radical (unpaired) electrons. The van der Waals surface area contributed by atoms with Crippen molar-refractivity contribution in [1.29, 1.82) is 0 Å². The Hall–Kier alpha value is -3.38. The highest BCUT2D eigenvalue weighted by molar-refractivity contribution is 5.71. The van der Waals surface area contributed by atoms with Crippen LogP contribution in [-0.4, -0.2) is 64.1 Å². The highest BCUT2D eigenvalue weighted by Gasteiger charge is 2.41. The lowest BCUT2D eigenvalue weighted by molar-refractivity contribution is -0.141. The Morgan fingerprint density at radius 2 is 2.03 bits per heavy atom. The van der Waals surface area contributed by atoms with Crippen LogP contribution in [0, 0.1) is 11.3 Å². The number of anilines is 2. The number of alkyl halides is 5. The number of rotatable bonds is 8. The molecule has 0 aliphatic carbocycles. The molecule has 0 unspecified atom stereocenters. The quantitative estimate of drug-likeness (QED) is 0.333. The Labute approximate surface area is 204 Å². The molecule has 0 N–H and O–H groups in total. The van der Waals surface area contributed by atoms with Crippen molar-refractivity contribution in [2.75, 3.05) is 36.5 Å². The van der Waals surface area contributed by atoms with Gasteiger partial charge in [-0.1, -0.05) is 13.0 Å². The third-order valence-corrected chi connectivity index (χ3v) is 6.85. The van der Waals surface area contributed by atoms with Crippen molar-refractivity contribution in [2.24, 2.45) is 11.3 Å². The van der Waals surface area contributed by atoms with Gasteiger partial charge >= 0.3 is 6.18 Å². The zero-order valence-electron chi connectivity index (χ0n) is 19.8. The maximum atomic E-state index is 13.0. The smallest absolute Gasteiger partial charge is 0.360 e. The van der Waals surface area contributed by atoms with Crippen LogP contribution < -0.4 is 9.80 Å². The monoisotopic (exact) mass is 511 g/mol. The molecule has 36 heavy (non-hydrogen) atoms. The largest absolute Gasteiger partial charge is 0.433 e. The standard InChI is InChI=1S/C23H26F5N7O/c1-15-12-34(20-11-29-16-10-30-35(13-18(24)25)21(16)32-20)9-7-22(15,14-36)6-8-33(2)19-5-3-4-17(31-19)23(26,27)28/h3-5,10-11,14-15,18H,6-9,12-13H2,1-2H3/t15-,22+/m0/s1. The zero-order valence-corrected chi connectivity index (χ0v) is 19.8. The predicted octanol–water partition coefficient (Wildman–Crippen LogP) is 4.06. The van der Waals surface area contributed by atoms with Gasteiger partial charge in [-0.3, -0.25) is 0 Å². The van der Waals surface area contributed by atoms with Crippen LogP contribution >= 0.6 is 0 Å². The fraction of sp³-hybridized carbons (Fsp3) is 0.522. The van der Waals surface area contributed by atoms with E-state index in [0.717, 1.165) is 17.0 Å². The topological polar surface area (TPSA) is 80.0 Å². The van der Waals surface area contributed by atoms with Crippen molar-refractivity contribution in [3.63, 3.8) is 0 Å². The normalized spacial score (nSPS) is 20.8. The van der Waals surface area contributed by atoms with Gasteiger partial charge < -0.3 is 14.6 Å². The average Bonchev–Trinajstić information content (AvgIpc) is 3.24. The minimum atomic E-state index is -4.54. The molecular weight excluding hydrogens is 485 g/mol. The molecule has 1 fully saturated rings. The van der Waals surface area contributed by atoms with Gasteiger partial charge in [-0.2, -0.15) is 18.3 Å². The van der Waals surface area contributed by atoms with E-state index in [2.05, 4.69) is 20.1 Å². The van der Waals surface area contributed by atoms with Gasteiger partial charge in [0.1, 0.15) is 35.7 Å². The molecule has 0 aromatic carbocycles. The number of carbonyl (C=O) groups is 1. The van der Waals surface area contributed by atoms with E-state index in [1.165, 1.54) is 18.3 Å². The molecule has 0 saturated carbocycles. The molecule has 0 amide bonds. The number of pyridine rings is 1.